The highest BCUT2D eigenvalue weighted by molar-refractivity contribution is 5.86. The van der Waals surface area contributed by atoms with Crippen molar-refractivity contribution in [3.8, 4) is 0 Å². The number of carbonyl (C=O) groups is 1. The number of nitrogens with two attached hydrogens (primary N) is 1. The Morgan fingerprint density at radius 2 is 2.00 bits per heavy atom. The molecule has 3 atom stereocenters. The van der Waals surface area contributed by atoms with Crippen LogP contribution in [-0.2, 0) is 14.3 Å². The molecule has 3 saturated heterocycles. The van der Waals surface area contributed by atoms with Crippen LogP contribution in [0.2, 0.25) is 0 Å². The molecule has 3 aliphatic rings. The van der Waals surface area contributed by atoms with Crippen LogP contribution in [0.3, 0.4) is 0 Å². The fourth-order valence-corrected chi connectivity index (χ4v) is 2.84. The molecule has 0 aromatic carbocycles. The van der Waals surface area contributed by atoms with Crippen molar-refractivity contribution in [1.82, 2.24) is 4.90 Å². The highest BCUT2D eigenvalue weighted by Gasteiger charge is 2.44. The molecule has 16 heavy (non-hydrogen) atoms. The van der Waals surface area contributed by atoms with Crippen LogP contribution in [0.25, 0.3) is 0 Å². The quantitative estimate of drug-likeness (QED) is 0.654. The third-order valence-electron chi connectivity index (χ3n) is 3.81. The fraction of sp³-hybridized carbons (Fsp3) is 0.909. The molecule has 3 rings (SSSR count). The van der Waals surface area contributed by atoms with Crippen LogP contribution >= 0.6 is 0 Å². The van der Waals surface area contributed by atoms with Gasteiger partial charge < -0.3 is 20.1 Å². The van der Waals surface area contributed by atoms with Crippen LogP contribution in [0.4, 0.5) is 0 Å². The van der Waals surface area contributed by atoms with Crippen LogP contribution in [0, 0.1) is 0 Å². The van der Waals surface area contributed by atoms with Crippen molar-refractivity contribution in [3.05, 3.63) is 0 Å². The standard InChI is InChI=1S/C11H18N2O3/c12-11(3-4-15-7-11)10(14)13-5-8-1-2-9(6-13)16-8/h8-9H,1-7,12H2. The molecule has 5 nitrogen and oxygen atoms in total. The Balaban J connectivity index is 1.71. The number of ether oxygens (including phenoxy) is 2. The Hall–Kier alpha value is -0.650. The number of hydrogen-bond acceptors (Lipinski definition) is 4. The van der Waals surface area contributed by atoms with E-state index in [1.165, 1.54) is 0 Å². The third kappa shape index (κ3) is 1.63. The summed E-state index contributed by atoms with van der Waals surface area (Å²) < 4.78 is 10.9. The van der Waals surface area contributed by atoms with Gasteiger partial charge in [-0.2, -0.15) is 0 Å². The Labute approximate surface area is 94.9 Å². The highest BCUT2D eigenvalue weighted by Crippen LogP contribution is 2.28. The van der Waals surface area contributed by atoms with Gasteiger partial charge in [0.25, 0.3) is 0 Å². The Morgan fingerprint density at radius 3 is 2.56 bits per heavy atom. The molecule has 2 bridgehead atoms. The van der Waals surface area contributed by atoms with Crippen LogP contribution in [0.1, 0.15) is 19.3 Å². The van der Waals surface area contributed by atoms with Gasteiger partial charge in [0.2, 0.25) is 5.91 Å². The lowest BCUT2D eigenvalue weighted by atomic mass is 9.98. The summed E-state index contributed by atoms with van der Waals surface area (Å²) in [5.74, 6) is 0.0465. The number of rotatable bonds is 1. The van der Waals surface area contributed by atoms with Crippen molar-refractivity contribution in [2.45, 2.75) is 37.0 Å². The second kappa shape index (κ2) is 3.68. The van der Waals surface area contributed by atoms with Gasteiger partial charge >= 0.3 is 0 Å². The van der Waals surface area contributed by atoms with Crippen molar-refractivity contribution in [1.29, 1.82) is 0 Å². The topological polar surface area (TPSA) is 64.8 Å². The van der Waals surface area contributed by atoms with Crippen molar-refractivity contribution in [2.75, 3.05) is 26.3 Å². The summed E-state index contributed by atoms with van der Waals surface area (Å²) in [6.45, 7) is 2.36. The molecule has 2 N–H and O–H groups in total. The first-order valence-corrected chi connectivity index (χ1v) is 5.99. The van der Waals surface area contributed by atoms with E-state index in [2.05, 4.69) is 0 Å². The third-order valence-corrected chi connectivity index (χ3v) is 3.81. The second-order valence-electron chi connectivity index (χ2n) is 5.13. The Bertz CT molecular complexity index is 290. The monoisotopic (exact) mass is 226 g/mol. The van der Waals surface area contributed by atoms with E-state index in [9.17, 15) is 4.79 Å². The van der Waals surface area contributed by atoms with E-state index in [1.807, 2.05) is 4.90 Å². The first-order valence-electron chi connectivity index (χ1n) is 5.99. The minimum absolute atomic E-state index is 0.0465. The zero-order valence-corrected chi connectivity index (χ0v) is 9.35. The SMILES string of the molecule is NC1(C(=O)N2CC3CCC(C2)O3)CCOC1. The van der Waals surface area contributed by atoms with E-state index in [-0.39, 0.29) is 18.1 Å². The minimum atomic E-state index is -0.781. The summed E-state index contributed by atoms with van der Waals surface area (Å²) in [5, 5.41) is 0. The number of hydrogen-bond donors (Lipinski definition) is 1. The molecule has 0 radical (unpaired) electrons. The summed E-state index contributed by atoms with van der Waals surface area (Å²) in [6.07, 6.45) is 3.24. The molecule has 3 fully saturated rings. The van der Waals surface area contributed by atoms with Gasteiger partial charge in [-0.1, -0.05) is 0 Å². The highest BCUT2D eigenvalue weighted by atomic mass is 16.5. The summed E-state index contributed by atoms with van der Waals surface area (Å²) in [7, 11) is 0. The first-order chi connectivity index (χ1) is 7.67. The van der Waals surface area contributed by atoms with E-state index in [0.29, 0.717) is 32.7 Å². The van der Waals surface area contributed by atoms with Crippen LogP contribution in [-0.4, -0.2) is 54.9 Å². The van der Waals surface area contributed by atoms with E-state index < -0.39 is 5.54 Å². The second-order valence-corrected chi connectivity index (χ2v) is 5.13. The fourth-order valence-electron chi connectivity index (χ4n) is 2.84. The van der Waals surface area contributed by atoms with Crippen molar-refractivity contribution in [3.63, 3.8) is 0 Å². The van der Waals surface area contributed by atoms with Crippen molar-refractivity contribution < 1.29 is 14.3 Å². The summed E-state index contributed by atoms with van der Waals surface area (Å²) in [5.41, 5.74) is 5.31. The number of morpholine rings is 1. The van der Waals surface area contributed by atoms with E-state index in [0.717, 1.165) is 12.8 Å². The maximum atomic E-state index is 12.3. The predicted molar refractivity (Wildman–Crippen MR) is 56.8 cm³/mol. The maximum Gasteiger partial charge on any atom is 0.245 e. The number of amides is 1. The molecule has 1 amide bonds. The van der Waals surface area contributed by atoms with Gasteiger partial charge in [-0.15, -0.1) is 0 Å². The van der Waals surface area contributed by atoms with Crippen molar-refractivity contribution >= 4 is 5.91 Å². The number of carbonyl (C=O) groups excluding carboxylic acids is 1. The number of likely N-dealkylation sites (tertiary alicyclic amines) is 1. The van der Waals surface area contributed by atoms with Gasteiger partial charge in [-0.25, -0.2) is 0 Å². The van der Waals surface area contributed by atoms with E-state index in [4.69, 9.17) is 15.2 Å². The summed E-state index contributed by atoms with van der Waals surface area (Å²) in [6, 6.07) is 0. The zero-order chi connectivity index (χ0) is 11.2. The predicted octanol–water partition coefficient (Wildman–Crippen LogP) is -0.506. The first kappa shape index (κ1) is 10.5. The van der Waals surface area contributed by atoms with Crippen molar-refractivity contribution in [2.24, 2.45) is 5.73 Å². The molecule has 0 aliphatic carbocycles. The molecule has 3 aliphatic heterocycles. The zero-order valence-electron chi connectivity index (χ0n) is 9.35. The molecular formula is C11H18N2O3. The largest absolute Gasteiger partial charge is 0.379 e. The Kier molecular flexibility index (Phi) is 2.42. The van der Waals surface area contributed by atoms with Gasteiger partial charge in [0, 0.05) is 19.7 Å². The van der Waals surface area contributed by atoms with Gasteiger partial charge in [0.1, 0.15) is 5.54 Å². The molecule has 0 saturated carbocycles. The van der Waals surface area contributed by atoms with Gasteiger partial charge in [-0.05, 0) is 19.3 Å². The summed E-state index contributed by atoms with van der Waals surface area (Å²) in [4.78, 5) is 14.2. The molecule has 3 heterocycles. The van der Waals surface area contributed by atoms with E-state index >= 15 is 0 Å². The van der Waals surface area contributed by atoms with Gasteiger partial charge in [0.15, 0.2) is 0 Å². The minimum Gasteiger partial charge on any atom is -0.379 e. The smallest absolute Gasteiger partial charge is 0.245 e. The lowest BCUT2D eigenvalue weighted by molar-refractivity contribution is -0.145. The number of fused-ring (bicyclic) bond motifs is 2. The lowest BCUT2D eigenvalue weighted by Crippen LogP contribution is -2.59. The average Bonchev–Trinajstić information content (AvgIpc) is 2.85. The molecule has 0 spiro atoms. The maximum absolute atomic E-state index is 12.3. The molecule has 0 aromatic heterocycles. The summed E-state index contributed by atoms with van der Waals surface area (Å²) >= 11 is 0. The average molecular weight is 226 g/mol. The van der Waals surface area contributed by atoms with Gasteiger partial charge in [0.05, 0.1) is 18.8 Å². The van der Waals surface area contributed by atoms with Gasteiger partial charge in [-0.3, -0.25) is 4.79 Å². The van der Waals surface area contributed by atoms with Crippen LogP contribution in [0.5, 0.6) is 0 Å². The molecule has 5 heteroatoms. The van der Waals surface area contributed by atoms with Crippen LogP contribution < -0.4 is 5.73 Å². The molecule has 90 valence electrons. The molecule has 0 aromatic rings. The molecular weight excluding hydrogens is 208 g/mol. The lowest BCUT2D eigenvalue weighted by Gasteiger charge is -2.36. The van der Waals surface area contributed by atoms with E-state index in [1.54, 1.807) is 0 Å². The number of nitrogens with zero attached hydrogens (tertiary/aromatic N) is 1. The Morgan fingerprint density at radius 1 is 1.31 bits per heavy atom. The molecule has 3 unspecified atom stereocenters. The van der Waals surface area contributed by atoms with Crippen LogP contribution in [0.15, 0.2) is 0 Å². The normalized spacial score (nSPS) is 42.7.